The number of carbonyl (C=O) groups is 4. The highest BCUT2D eigenvalue weighted by atomic mass is 16.8. The number of carbonyl (C=O) groups excluding carboxylic acids is 2. The molecule has 8 fully saturated rings. The van der Waals surface area contributed by atoms with Gasteiger partial charge in [-0.1, -0.05) is 53.2 Å². The fraction of sp³-hybridized carbons (Fsp3) is 0.898. The number of fused-ring (bicyclic) bond motifs is 7. The van der Waals surface area contributed by atoms with Crippen LogP contribution >= 0.6 is 0 Å². The largest absolute Gasteiger partial charge is 0.480 e. The van der Waals surface area contributed by atoms with Gasteiger partial charge in [-0.25, -0.2) is 4.79 Å². The van der Waals surface area contributed by atoms with Crippen molar-refractivity contribution in [2.24, 2.45) is 67.6 Å². The molecule has 29 atom stereocenters. The number of carboxylic acids is 2. The molecule has 0 spiro atoms. The first-order valence-corrected chi connectivity index (χ1v) is 30.3. The minimum Gasteiger partial charge on any atom is -0.480 e. The van der Waals surface area contributed by atoms with E-state index in [1.807, 2.05) is 6.92 Å². The van der Waals surface area contributed by atoms with Gasteiger partial charge in [0.1, 0.15) is 79.8 Å². The summed E-state index contributed by atoms with van der Waals surface area (Å²) < 4.78 is 54.3. The number of rotatable bonds is 18. The van der Waals surface area contributed by atoms with Crippen LogP contribution in [0, 0.1) is 56.2 Å². The summed E-state index contributed by atoms with van der Waals surface area (Å²) in [6.45, 7) is 16.3. The Labute approximate surface area is 500 Å². The lowest BCUT2D eigenvalue weighted by molar-refractivity contribution is -0.387. The molecule has 0 amide bonds. The number of nitrogens with two attached hydrogens (primary N) is 2. The number of aliphatic hydroxyl groups is 10. The second kappa shape index (κ2) is 25.9. The lowest BCUT2D eigenvalue weighted by Gasteiger charge is -2.71. The maximum absolute atomic E-state index is 13.6. The monoisotopic (exact) mass is 1230 g/mol. The molecule has 0 aromatic heterocycles. The van der Waals surface area contributed by atoms with Gasteiger partial charge in [-0.05, 0) is 118 Å². The fourth-order valence-corrected chi connectivity index (χ4v) is 17.0. The first kappa shape index (κ1) is 68.8. The van der Waals surface area contributed by atoms with Gasteiger partial charge >= 0.3 is 23.9 Å². The lowest BCUT2D eigenvalue weighted by atomic mass is 9.33. The Bertz CT molecular complexity index is 2460. The molecule has 4 heterocycles. The van der Waals surface area contributed by atoms with Gasteiger partial charge in [0, 0.05) is 12.3 Å². The Morgan fingerprint density at radius 2 is 1.43 bits per heavy atom. The Balaban J connectivity index is 0.000000987. The molecule has 4 aliphatic heterocycles. The zero-order valence-electron chi connectivity index (χ0n) is 50.7. The molecule has 4 saturated carbocycles. The van der Waals surface area contributed by atoms with E-state index in [0.29, 0.717) is 64.3 Å². The molecule has 5 aliphatic carbocycles. The second-order valence-electron chi connectivity index (χ2n) is 27.7. The smallest absolute Gasteiger partial charge is 0.335 e. The molecule has 2 bridgehead atoms. The fourth-order valence-electron chi connectivity index (χ4n) is 17.0. The van der Waals surface area contributed by atoms with Crippen molar-refractivity contribution in [3.05, 3.63) is 11.6 Å². The van der Waals surface area contributed by atoms with Gasteiger partial charge in [0.25, 0.3) is 0 Å². The molecule has 0 aromatic rings. The van der Waals surface area contributed by atoms with Crippen molar-refractivity contribution >= 4 is 23.9 Å². The summed E-state index contributed by atoms with van der Waals surface area (Å²) in [6, 6.07) is -0.742. The lowest BCUT2D eigenvalue weighted by Crippen LogP contribution is -2.69. The van der Waals surface area contributed by atoms with Gasteiger partial charge in [0.05, 0.1) is 55.6 Å². The Kier molecular flexibility index (Phi) is 20.7. The summed E-state index contributed by atoms with van der Waals surface area (Å²) >= 11 is 0. The first-order valence-electron chi connectivity index (χ1n) is 30.3. The summed E-state index contributed by atoms with van der Waals surface area (Å²) in [5, 5.41) is 129. The molecular formula is C59H96N2O25. The van der Waals surface area contributed by atoms with E-state index in [-0.39, 0.29) is 36.4 Å². The van der Waals surface area contributed by atoms with Crippen molar-refractivity contribution in [3.63, 3.8) is 0 Å². The van der Waals surface area contributed by atoms with Gasteiger partial charge in [-0.3, -0.25) is 14.4 Å². The van der Waals surface area contributed by atoms with Gasteiger partial charge in [-0.2, -0.15) is 0 Å². The topological polar surface area (TPSA) is 446 Å². The molecular weight excluding hydrogens is 1140 g/mol. The standard InChI is InChI=1S/C54H84O23.C5H12N2O2/c1-22(23(2)71-24(3)57)45(68)70-21-54-26-16-49(4,5)43(42(54)65)73-32(54)17-53(9)25(26)10-11-30-50(6)14-13-31(51(7,20-56)29(50)12-15-52(30,53)8)74-48-40(76-46-36(62)33(59)27(58)19-69-46)38(64)39(41(77-48)44(66)67)75-47-37(63)35(61)34(60)28(18-55)72-47;6-3-1-2-4(7)5(8)9/h10,22-23,26-43,46-48,55-56,58-65H,11-21H2,1-9H3,(H,66,67);4H,1-3,6-7H2,(H,8,9)/t22?,23?,26?,27-,28+,29?,30?,31-,32-,33+,34+,35-,36-,37+,38-,39?,40+,41-,42+,43-,46+,47+,48+,50-,51+,52+,53+,54-;/m0./s1. The predicted octanol–water partition coefficient (Wildman–Crippen LogP) is -1.45. The van der Waals surface area contributed by atoms with E-state index < -0.39 is 193 Å². The summed E-state index contributed by atoms with van der Waals surface area (Å²) in [5.41, 5.74) is 7.88. The molecule has 86 heavy (non-hydrogen) atoms. The molecule has 0 aromatic carbocycles. The summed E-state index contributed by atoms with van der Waals surface area (Å²) in [5.74, 6) is -4.78. The van der Waals surface area contributed by atoms with Crippen molar-refractivity contribution in [3.8, 4) is 0 Å². The average molecular weight is 1230 g/mol. The number of ether oxygens (including phenoxy) is 9. The van der Waals surface area contributed by atoms with Gasteiger partial charge < -0.3 is 115 Å². The van der Waals surface area contributed by atoms with E-state index in [4.69, 9.17) is 59.2 Å². The van der Waals surface area contributed by atoms with Crippen LogP contribution in [0.15, 0.2) is 11.6 Å². The maximum Gasteiger partial charge on any atom is 0.335 e. The van der Waals surface area contributed by atoms with Crippen molar-refractivity contribution in [2.75, 3.05) is 33.0 Å². The third kappa shape index (κ3) is 11.8. The third-order valence-corrected chi connectivity index (χ3v) is 22.3. The summed E-state index contributed by atoms with van der Waals surface area (Å²) in [7, 11) is 0. The number of hydrogen-bond acceptors (Lipinski definition) is 25. The normalized spacial score (nSPS) is 47.6. The van der Waals surface area contributed by atoms with Gasteiger partial charge in [-0.15, -0.1) is 0 Å². The quantitative estimate of drug-likeness (QED) is 0.0424. The molecule has 4 saturated heterocycles. The Morgan fingerprint density at radius 1 is 0.767 bits per heavy atom. The molecule has 9 rings (SSSR count). The highest BCUT2D eigenvalue weighted by molar-refractivity contribution is 5.74. The van der Waals surface area contributed by atoms with Crippen LogP contribution in [0.5, 0.6) is 0 Å². The number of aliphatic hydroxyl groups excluding tert-OH is 10. The highest BCUT2D eigenvalue weighted by Gasteiger charge is 2.76. The number of allylic oxidation sites excluding steroid dienone is 2. The Morgan fingerprint density at radius 3 is 2.05 bits per heavy atom. The van der Waals surface area contributed by atoms with Crippen LogP contribution in [0.1, 0.15) is 120 Å². The Hall–Kier alpha value is -3.14. The van der Waals surface area contributed by atoms with Crippen molar-refractivity contribution in [2.45, 2.75) is 243 Å². The first-order chi connectivity index (χ1) is 40.1. The van der Waals surface area contributed by atoms with Crippen LogP contribution in [-0.2, 0) is 61.8 Å². The van der Waals surface area contributed by atoms with Crippen molar-refractivity contribution < 1.29 is 123 Å². The zero-order valence-corrected chi connectivity index (χ0v) is 50.7. The van der Waals surface area contributed by atoms with E-state index in [2.05, 4.69) is 40.7 Å². The van der Waals surface area contributed by atoms with Crippen LogP contribution in [0.2, 0.25) is 0 Å². The van der Waals surface area contributed by atoms with E-state index in [9.17, 15) is 75.3 Å². The van der Waals surface area contributed by atoms with Crippen LogP contribution in [-0.4, -0.2) is 241 Å². The molecule has 9 aliphatic rings. The van der Waals surface area contributed by atoms with Gasteiger partial charge in [0.15, 0.2) is 25.0 Å². The molecule has 16 N–H and O–H groups in total. The highest BCUT2D eigenvalue weighted by Crippen LogP contribution is 2.77. The van der Waals surface area contributed by atoms with Crippen LogP contribution in [0.4, 0.5) is 0 Å². The van der Waals surface area contributed by atoms with Crippen LogP contribution < -0.4 is 11.5 Å². The average Bonchev–Trinajstić information content (AvgIpc) is 1.24. The molecule has 27 nitrogen and oxygen atoms in total. The van der Waals surface area contributed by atoms with Crippen molar-refractivity contribution in [1.29, 1.82) is 0 Å². The van der Waals surface area contributed by atoms with Crippen LogP contribution in [0.25, 0.3) is 0 Å². The van der Waals surface area contributed by atoms with Crippen LogP contribution in [0.3, 0.4) is 0 Å². The maximum atomic E-state index is 13.6. The molecule has 0 radical (unpaired) electrons. The minimum absolute atomic E-state index is 0.0482. The molecule has 7 unspecified atom stereocenters. The van der Waals surface area contributed by atoms with Crippen molar-refractivity contribution in [1.82, 2.24) is 0 Å². The van der Waals surface area contributed by atoms with Gasteiger partial charge in [0.2, 0.25) is 0 Å². The number of carboxylic acid groups (broad SMARTS) is 2. The second-order valence-corrected chi connectivity index (χ2v) is 27.7. The minimum atomic E-state index is -2.09. The predicted molar refractivity (Wildman–Crippen MR) is 295 cm³/mol. The summed E-state index contributed by atoms with van der Waals surface area (Å²) in [4.78, 5) is 48.5. The third-order valence-electron chi connectivity index (χ3n) is 22.3. The summed E-state index contributed by atoms with van der Waals surface area (Å²) in [6.07, 6.45) is -21.7. The number of esters is 2. The molecule has 492 valence electrons. The number of aliphatic carboxylic acids is 2. The van der Waals surface area contributed by atoms with E-state index >= 15 is 0 Å². The van der Waals surface area contributed by atoms with E-state index in [1.54, 1.807) is 13.8 Å². The zero-order chi connectivity index (χ0) is 63.7. The van der Waals surface area contributed by atoms with E-state index in [1.165, 1.54) is 12.5 Å². The number of hydrogen-bond donors (Lipinski definition) is 14. The van der Waals surface area contributed by atoms with E-state index in [0.717, 1.165) is 0 Å². The SMILES string of the molecule is CC(=O)OC(C)C(C)C(=O)OC[C@]12C3CC(C)(C)[C@@H](O[C@H]1C[C@]1(C)C3=CCC3[C@@]4(C)CC[C@H](O[C@@H]5O[C@H](C(=O)O)C(O[C@H]6O[C@H](CO)[C@@H](O)[C@H](O)[C@H]6O)[C@H](O)[C@H]5O[C@H]5OC[C@H](O)[C@@H](O)[C@@H]5O)[C@](C)(CO)C4CC[C@]31C)[C@H]2O.NCCCC(N)C(=O)O. The molecule has 27 heteroatoms.